The van der Waals surface area contributed by atoms with E-state index < -0.39 is 0 Å². The van der Waals surface area contributed by atoms with Crippen LogP contribution in [0.25, 0.3) is 0 Å². The van der Waals surface area contributed by atoms with E-state index >= 15 is 0 Å². The molecule has 0 saturated carbocycles. The molecule has 144 valence electrons. The van der Waals surface area contributed by atoms with Crippen LogP contribution in [0.5, 0.6) is 17.2 Å². The number of amides is 2. The lowest BCUT2D eigenvalue weighted by molar-refractivity contribution is -0.115. The molecule has 1 heterocycles. The van der Waals surface area contributed by atoms with Crippen molar-refractivity contribution < 1.29 is 19.1 Å². The monoisotopic (exact) mass is 484 g/mol. The van der Waals surface area contributed by atoms with E-state index in [1.54, 1.807) is 7.11 Å². The third-order valence-corrected chi connectivity index (χ3v) is 4.31. The van der Waals surface area contributed by atoms with Gasteiger partial charge >= 0.3 is 0 Å². The van der Waals surface area contributed by atoms with Crippen molar-refractivity contribution in [2.75, 3.05) is 17.7 Å². The SMILES string of the molecule is COc1cc(C(C)C)c(Oc2cnc(NC(C)=O)nc2NC(C)=O)cc1I. The molecule has 0 radical (unpaired) electrons. The maximum Gasteiger partial charge on any atom is 0.231 e. The molecule has 2 N–H and O–H groups in total. The van der Waals surface area contributed by atoms with Crippen molar-refractivity contribution in [3.63, 3.8) is 0 Å². The van der Waals surface area contributed by atoms with Gasteiger partial charge in [0.1, 0.15) is 11.5 Å². The van der Waals surface area contributed by atoms with Gasteiger partial charge in [0.2, 0.25) is 17.8 Å². The van der Waals surface area contributed by atoms with Gasteiger partial charge in [-0.25, -0.2) is 4.98 Å². The Morgan fingerprint density at radius 1 is 1.07 bits per heavy atom. The average Bonchev–Trinajstić information content (AvgIpc) is 2.56. The fourth-order valence-corrected chi connectivity index (χ4v) is 2.94. The van der Waals surface area contributed by atoms with Crippen LogP contribution in [0.1, 0.15) is 39.2 Å². The quantitative estimate of drug-likeness (QED) is 0.603. The van der Waals surface area contributed by atoms with Crippen LogP contribution in [0.3, 0.4) is 0 Å². The van der Waals surface area contributed by atoms with Crippen LogP contribution in [0.2, 0.25) is 0 Å². The van der Waals surface area contributed by atoms with Crippen LogP contribution in [-0.2, 0) is 9.59 Å². The fraction of sp³-hybridized carbons (Fsp3) is 0.333. The number of anilines is 2. The normalized spacial score (nSPS) is 10.5. The summed E-state index contributed by atoms with van der Waals surface area (Å²) in [5, 5.41) is 5.08. The third-order valence-electron chi connectivity index (χ3n) is 3.46. The zero-order valence-corrected chi connectivity index (χ0v) is 17.9. The standard InChI is InChI=1S/C18H21IN4O4/c1-9(2)12-6-15(26-5)13(19)7-14(12)27-16-8-20-18(22-11(4)25)23-17(16)21-10(3)24/h6-9H,1-5H3,(H2,20,21,22,23,24,25). The summed E-state index contributed by atoms with van der Waals surface area (Å²) in [6.07, 6.45) is 1.41. The molecule has 27 heavy (non-hydrogen) atoms. The van der Waals surface area contributed by atoms with Crippen LogP contribution >= 0.6 is 22.6 Å². The van der Waals surface area contributed by atoms with E-state index in [1.807, 2.05) is 26.0 Å². The van der Waals surface area contributed by atoms with Gasteiger partial charge in [-0.1, -0.05) is 13.8 Å². The molecule has 0 bridgehead atoms. The summed E-state index contributed by atoms with van der Waals surface area (Å²) in [5.41, 5.74) is 0.937. The largest absolute Gasteiger partial charge is 0.496 e. The molecule has 0 saturated heterocycles. The predicted octanol–water partition coefficient (Wildman–Crippen LogP) is 3.92. The van der Waals surface area contributed by atoms with Crippen LogP contribution in [0.15, 0.2) is 18.3 Å². The van der Waals surface area contributed by atoms with E-state index in [1.165, 1.54) is 20.0 Å². The topological polar surface area (TPSA) is 102 Å². The van der Waals surface area contributed by atoms with Crippen molar-refractivity contribution in [3.8, 4) is 17.2 Å². The molecule has 0 atom stereocenters. The predicted molar refractivity (Wildman–Crippen MR) is 111 cm³/mol. The Bertz CT molecular complexity index is 871. The van der Waals surface area contributed by atoms with Crippen molar-refractivity contribution in [2.24, 2.45) is 0 Å². The number of hydrogen-bond donors (Lipinski definition) is 2. The minimum Gasteiger partial charge on any atom is -0.496 e. The maximum atomic E-state index is 11.5. The molecule has 2 aromatic rings. The first-order chi connectivity index (χ1) is 12.7. The number of aromatic nitrogens is 2. The first-order valence-electron chi connectivity index (χ1n) is 8.18. The van der Waals surface area contributed by atoms with E-state index in [4.69, 9.17) is 9.47 Å². The molecule has 2 rings (SSSR count). The van der Waals surface area contributed by atoms with E-state index in [9.17, 15) is 9.59 Å². The molecule has 8 nitrogen and oxygen atoms in total. The number of rotatable bonds is 6. The Kier molecular flexibility index (Phi) is 6.94. The minimum atomic E-state index is -0.319. The lowest BCUT2D eigenvalue weighted by atomic mass is 10.0. The molecule has 1 aromatic heterocycles. The van der Waals surface area contributed by atoms with Crippen molar-refractivity contribution in [2.45, 2.75) is 33.6 Å². The van der Waals surface area contributed by atoms with E-state index in [2.05, 4.69) is 43.2 Å². The van der Waals surface area contributed by atoms with Gasteiger partial charge in [-0.3, -0.25) is 14.9 Å². The highest BCUT2D eigenvalue weighted by Crippen LogP contribution is 2.38. The molecule has 2 amide bonds. The minimum absolute atomic E-state index is 0.0759. The van der Waals surface area contributed by atoms with Crippen LogP contribution in [0.4, 0.5) is 11.8 Å². The highest BCUT2D eigenvalue weighted by molar-refractivity contribution is 14.1. The Labute approximate surface area is 171 Å². The van der Waals surface area contributed by atoms with Crippen molar-refractivity contribution >= 4 is 46.2 Å². The molecule has 1 aromatic carbocycles. The summed E-state index contributed by atoms with van der Waals surface area (Å²) in [7, 11) is 1.62. The number of nitrogens with one attached hydrogen (secondary N) is 2. The summed E-state index contributed by atoms with van der Waals surface area (Å²) in [6.45, 7) is 6.79. The Hall–Kier alpha value is -2.43. The van der Waals surface area contributed by atoms with E-state index in [0.717, 1.165) is 14.9 Å². The van der Waals surface area contributed by atoms with Gasteiger partial charge in [-0.05, 0) is 40.6 Å². The van der Waals surface area contributed by atoms with Crippen LogP contribution in [0, 0.1) is 3.57 Å². The highest BCUT2D eigenvalue weighted by Gasteiger charge is 2.17. The fourth-order valence-electron chi connectivity index (χ4n) is 2.28. The van der Waals surface area contributed by atoms with Crippen molar-refractivity contribution in [3.05, 3.63) is 27.5 Å². The maximum absolute atomic E-state index is 11.5. The first-order valence-corrected chi connectivity index (χ1v) is 9.26. The second kappa shape index (κ2) is 8.98. The lowest BCUT2D eigenvalue weighted by Crippen LogP contribution is -2.13. The number of hydrogen-bond acceptors (Lipinski definition) is 6. The van der Waals surface area contributed by atoms with Crippen LogP contribution in [-0.4, -0.2) is 28.9 Å². The molecular formula is C18H21IN4O4. The second-order valence-corrected chi connectivity index (χ2v) is 7.21. The molecule has 0 unspecified atom stereocenters. The molecule has 0 aliphatic heterocycles. The summed E-state index contributed by atoms with van der Waals surface area (Å²) >= 11 is 2.16. The van der Waals surface area contributed by atoms with Gasteiger partial charge in [0.25, 0.3) is 0 Å². The lowest BCUT2D eigenvalue weighted by Gasteiger charge is -2.18. The van der Waals surface area contributed by atoms with E-state index in [-0.39, 0.29) is 35.2 Å². The summed E-state index contributed by atoms with van der Waals surface area (Å²) < 4.78 is 12.3. The zero-order chi connectivity index (χ0) is 20.1. The summed E-state index contributed by atoms with van der Waals surface area (Å²) in [6, 6.07) is 3.78. The van der Waals surface area contributed by atoms with Gasteiger partial charge < -0.3 is 14.8 Å². The molecule has 0 spiro atoms. The first kappa shape index (κ1) is 20.9. The Balaban J connectivity index is 2.48. The Morgan fingerprint density at radius 3 is 2.30 bits per heavy atom. The van der Waals surface area contributed by atoms with Gasteiger partial charge in [-0.15, -0.1) is 0 Å². The molecule has 9 heteroatoms. The Morgan fingerprint density at radius 2 is 1.74 bits per heavy atom. The van der Waals surface area contributed by atoms with Crippen molar-refractivity contribution in [1.82, 2.24) is 9.97 Å². The molecule has 0 aliphatic rings. The molecule has 0 aliphatic carbocycles. The summed E-state index contributed by atoms with van der Waals surface area (Å²) in [5.74, 6) is 1.42. The van der Waals surface area contributed by atoms with Gasteiger partial charge in [0.15, 0.2) is 11.6 Å². The second-order valence-electron chi connectivity index (χ2n) is 6.05. The molecular weight excluding hydrogens is 463 g/mol. The van der Waals surface area contributed by atoms with Gasteiger partial charge in [-0.2, -0.15) is 4.98 Å². The summed E-state index contributed by atoms with van der Waals surface area (Å²) in [4.78, 5) is 31.0. The zero-order valence-electron chi connectivity index (χ0n) is 15.7. The van der Waals surface area contributed by atoms with Crippen LogP contribution < -0.4 is 20.1 Å². The number of carbonyl (C=O) groups is 2. The van der Waals surface area contributed by atoms with E-state index in [0.29, 0.717) is 5.75 Å². The number of carbonyl (C=O) groups excluding carboxylic acids is 2. The number of benzene rings is 1. The number of ether oxygens (including phenoxy) is 2. The number of methoxy groups -OCH3 is 1. The smallest absolute Gasteiger partial charge is 0.231 e. The number of halogens is 1. The number of nitrogens with zero attached hydrogens (tertiary/aromatic N) is 2. The van der Waals surface area contributed by atoms with Gasteiger partial charge in [0, 0.05) is 19.4 Å². The molecule has 0 fully saturated rings. The average molecular weight is 484 g/mol. The third kappa shape index (κ3) is 5.52. The van der Waals surface area contributed by atoms with Crippen molar-refractivity contribution in [1.29, 1.82) is 0 Å². The highest BCUT2D eigenvalue weighted by atomic mass is 127. The van der Waals surface area contributed by atoms with Gasteiger partial charge in [0.05, 0.1) is 16.9 Å².